The van der Waals surface area contributed by atoms with Crippen LogP contribution in [0.4, 0.5) is 4.79 Å². The first kappa shape index (κ1) is 17.0. The van der Waals surface area contributed by atoms with Crippen molar-refractivity contribution in [1.29, 1.82) is 0 Å². The van der Waals surface area contributed by atoms with Crippen LogP contribution >= 0.6 is 15.9 Å². The highest BCUT2D eigenvalue weighted by Crippen LogP contribution is 2.17. The molecule has 0 saturated heterocycles. The largest absolute Gasteiger partial charge is 0.395 e. The summed E-state index contributed by atoms with van der Waals surface area (Å²) in [6, 6.07) is 7.94. The van der Waals surface area contributed by atoms with Crippen molar-refractivity contribution in [3.05, 3.63) is 34.3 Å². The third kappa shape index (κ3) is 5.51. The Morgan fingerprint density at radius 2 is 2.10 bits per heavy atom. The number of halogens is 1. The Kier molecular flexibility index (Phi) is 7.62. The summed E-state index contributed by atoms with van der Waals surface area (Å²) in [6.45, 7) is 5.03. The summed E-state index contributed by atoms with van der Waals surface area (Å²) >= 11 is 3.51. The minimum absolute atomic E-state index is 0.00790. The van der Waals surface area contributed by atoms with E-state index in [9.17, 15) is 4.79 Å². The van der Waals surface area contributed by atoms with E-state index in [0.717, 1.165) is 17.3 Å². The van der Waals surface area contributed by atoms with Crippen LogP contribution in [-0.4, -0.2) is 41.8 Å². The van der Waals surface area contributed by atoms with E-state index in [2.05, 4.69) is 21.2 Å². The molecule has 4 nitrogen and oxygen atoms in total. The van der Waals surface area contributed by atoms with Crippen molar-refractivity contribution in [2.75, 3.05) is 19.7 Å². The van der Waals surface area contributed by atoms with Gasteiger partial charge in [-0.25, -0.2) is 4.79 Å². The van der Waals surface area contributed by atoms with E-state index < -0.39 is 0 Å². The number of benzene rings is 1. The lowest BCUT2D eigenvalue weighted by molar-refractivity contribution is 0.174. The minimum atomic E-state index is -0.111. The first-order valence-corrected chi connectivity index (χ1v) is 7.77. The second kappa shape index (κ2) is 8.97. The van der Waals surface area contributed by atoms with Gasteiger partial charge < -0.3 is 15.3 Å². The maximum absolute atomic E-state index is 12.1. The van der Waals surface area contributed by atoms with Gasteiger partial charge in [0.25, 0.3) is 0 Å². The number of urea groups is 1. The van der Waals surface area contributed by atoms with Crippen molar-refractivity contribution in [2.24, 2.45) is 0 Å². The first-order valence-electron chi connectivity index (χ1n) is 6.98. The summed E-state index contributed by atoms with van der Waals surface area (Å²) in [5.41, 5.74) is 1.17. The Morgan fingerprint density at radius 3 is 2.70 bits per heavy atom. The van der Waals surface area contributed by atoms with E-state index in [-0.39, 0.29) is 18.7 Å². The van der Waals surface area contributed by atoms with Gasteiger partial charge in [0.1, 0.15) is 0 Å². The predicted octanol–water partition coefficient (Wildman–Crippen LogP) is 2.79. The Hall–Kier alpha value is -1.07. The van der Waals surface area contributed by atoms with Gasteiger partial charge in [-0.15, -0.1) is 0 Å². The summed E-state index contributed by atoms with van der Waals surface area (Å²) in [4.78, 5) is 13.7. The van der Waals surface area contributed by atoms with Gasteiger partial charge in [0, 0.05) is 23.6 Å². The van der Waals surface area contributed by atoms with Crippen molar-refractivity contribution in [3.63, 3.8) is 0 Å². The van der Waals surface area contributed by atoms with Crippen LogP contribution in [0.3, 0.4) is 0 Å². The summed E-state index contributed by atoms with van der Waals surface area (Å²) in [7, 11) is 0. The molecule has 1 aromatic carbocycles. The molecular formula is C15H23BrN2O2. The van der Waals surface area contributed by atoms with Crippen LogP contribution in [0.2, 0.25) is 0 Å². The molecule has 0 fully saturated rings. The van der Waals surface area contributed by atoms with Gasteiger partial charge in [0.2, 0.25) is 0 Å². The molecule has 0 aromatic heterocycles. The number of nitrogens with zero attached hydrogens (tertiary/aromatic N) is 1. The molecule has 1 atom stereocenters. The van der Waals surface area contributed by atoms with Crippen LogP contribution in [0.1, 0.15) is 25.8 Å². The van der Waals surface area contributed by atoms with Crippen LogP contribution in [0.25, 0.3) is 0 Å². The predicted molar refractivity (Wildman–Crippen MR) is 84.8 cm³/mol. The number of carbonyl (C=O) groups excluding carboxylic acids is 1. The summed E-state index contributed by atoms with van der Waals surface area (Å²) < 4.78 is 1.06. The SMILES string of the molecule is CCCN(CCO)C(=O)NC(C)Cc1ccccc1Br. The standard InChI is InChI=1S/C15H23BrN2O2/c1-3-8-18(9-10-19)15(20)17-12(2)11-13-6-4-5-7-14(13)16/h4-7,12,19H,3,8-11H2,1-2H3,(H,17,20). The van der Waals surface area contributed by atoms with Crippen LogP contribution in [0.5, 0.6) is 0 Å². The molecule has 112 valence electrons. The van der Waals surface area contributed by atoms with E-state index in [1.54, 1.807) is 4.90 Å². The van der Waals surface area contributed by atoms with E-state index in [4.69, 9.17) is 5.11 Å². The Balaban J connectivity index is 2.54. The van der Waals surface area contributed by atoms with Gasteiger partial charge >= 0.3 is 6.03 Å². The van der Waals surface area contributed by atoms with E-state index in [1.165, 1.54) is 5.56 Å². The maximum atomic E-state index is 12.1. The van der Waals surface area contributed by atoms with Crippen molar-refractivity contribution < 1.29 is 9.90 Å². The zero-order valence-electron chi connectivity index (χ0n) is 12.1. The van der Waals surface area contributed by atoms with Crippen molar-refractivity contribution >= 4 is 22.0 Å². The van der Waals surface area contributed by atoms with Gasteiger partial charge in [-0.3, -0.25) is 0 Å². The average molecular weight is 343 g/mol. The number of aliphatic hydroxyl groups excluding tert-OH is 1. The quantitative estimate of drug-likeness (QED) is 0.800. The van der Waals surface area contributed by atoms with Gasteiger partial charge in [0.05, 0.1) is 6.61 Å². The number of hydrogen-bond donors (Lipinski definition) is 2. The van der Waals surface area contributed by atoms with Gasteiger partial charge in [-0.2, -0.15) is 0 Å². The third-order valence-electron chi connectivity index (χ3n) is 3.00. The molecule has 0 radical (unpaired) electrons. The summed E-state index contributed by atoms with van der Waals surface area (Å²) in [5, 5.41) is 12.0. The number of nitrogens with one attached hydrogen (secondary N) is 1. The molecular weight excluding hydrogens is 320 g/mol. The number of rotatable bonds is 7. The molecule has 0 saturated carbocycles. The highest BCUT2D eigenvalue weighted by molar-refractivity contribution is 9.10. The molecule has 1 rings (SSSR count). The average Bonchev–Trinajstić information content (AvgIpc) is 2.41. The van der Waals surface area contributed by atoms with Crippen LogP contribution in [0, 0.1) is 0 Å². The number of carbonyl (C=O) groups is 1. The molecule has 0 aliphatic rings. The van der Waals surface area contributed by atoms with Crippen LogP contribution in [0.15, 0.2) is 28.7 Å². The summed E-state index contributed by atoms with van der Waals surface area (Å²) in [6.07, 6.45) is 1.65. The van der Waals surface area contributed by atoms with Crippen LogP contribution in [-0.2, 0) is 6.42 Å². The fraction of sp³-hybridized carbons (Fsp3) is 0.533. The lowest BCUT2D eigenvalue weighted by Crippen LogP contribution is -2.45. The second-order valence-electron chi connectivity index (χ2n) is 4.86. The molecule has 5 heteroatoms. The molecule has 20 heavy (non-hydrogen) atoms. The molecule has 0 aliphatic carbocycles. The molecule has 1 unspecified atom stereocenters. The minimum Gasteiger partial charge on any atom is -0.395 e. The zero-order chi connectivity index (χ0) is 15.0. The Bertz CT molecular complexity index is 420. The molecule has 0 heterocycles. The van der Waals surface area contributed by atoms with E-state index >= 15 is 0 Å². The molecule has 0 aliphatic heterocycles. The second-order valence-corrected chi connectivity index (χ2v) is 5.71. The molecule has 0 bridgehead atoms. The summed E-state index contributed by atoms with van der Waals surface area (Å²) in [5.74, 6) is 0. The Labute approximate surface area is 129 Å². The highest BCUT2D eigenvalue weighted by atomic mass is 79.9. The smallest absolute Gasteiger partial charge is 0.317 e. The number of amides is 2. The number of hydrogen-bond acceptors (Lipinski definition) is 2. The third-order valence-corrected chi connectivity index (χ3v) is 3.78. The fourth-order valence-corrected chi connectivity index (χ4v) is 2.50. The van der Waals surface area contributed by atoms with E-state index in [1.807, 2.05) is 38.1 Å². The lowest BCUT2D eigenvalue weighted by Gasteiger charge is -2.24. The van der Waals surface area contributed by atoms with Crippen molar-refractivity contribution in [3.8, 4) is 0 Å². The monoisotopic (exact) mass is 342 g/mol. The molecule has 2 amide bonds. The van der Waals surface area contributed by atoms with Crippen molar-refractivity contribution in [2.45, 2.75) is 32.7 Å². The van der Waals surface area contributed by atoms with Gasteiger partial charge in [-0.05, 0) is 31.4 Å². The normalized spacial score (nSPS) is 12.0. The number of aliphatic hydroxyl groups is 1. The van der Waals surface area contributed by atoms with Gasteiger partial charge in [-0.1, -0.05) is 41.1 Å². The molecule has 0 spiro atoms. The lowest BCUT2D eigenvalue weighted by atomic mass is 10.1. The topological polar surface area (TPSA) is 52.6 Å². The van der Waals surface area contributed by atoms with Gasteiger partial charge in [0.15, 0.2) is 0 Å². The fourth-order valence-electron chi connectivity index (χ4n) is 2.05. The van der Waals surface area contributed by atoms with E-state index in [0.29, 0.717) is 13.1 Å². The first-order chi connectivity index (χ1) is 9.58. The van der Waals surface area contributed by atoms with Crippen LogP contribution < -0.4 is 5.32 Å². The van der Waals surface area contributed by atoms with Crippen molar-refractivity contribution in [1.82, 2.24) is 10.2 Å². The highest BCUT2D eigenvalue weighted by Gasteiger charge is 2.15. The zero-order valence-corrected chi connectivity index (χ0v) is 13.7. The molecule has 2 N–H and O–H groups in total. The molecule has 1 aromatic rings. The Morgan fingerprint density at radius 1 is 1.40 bits per heavy atom. The maximum Gasteiger partial charge on any atom is 0.317 e.